The SMILES string of the molecule is CCCOC(=O)C(=C(C)OC(=O)OCC1c2ccccc2-c2ccccc21)C(c1ccccc1OC)n1cnc(-c2ccccc2)c1. The number of hydrogen-bond acceptors (Lipinski definition) is 7. The zero-order chi connectivity index (χ0) is 32.8. The van der Waals surface area contributed by atoms with E-state index in [2.05, 4.69) is 17.1 Å². The third-order valence-corrected chi connectivity index (χ3v) is 8.28. The molecule has 8 nitrogen and oxygen atoms in total. The van der Waals surface area contributed by atoms with Gasteiger partial charge in [-0.1, -0.05) is 104 Å². The molecule has 1 unspecified atom stereocenters. The third-order valence-electron chi connectivity index (χ3n) is 8.28. The molecule has 0 fully saturated rings. The summed E-state index contributed by atoms with van der Waals surface area (Å²) in [5, 5.41) is 0. The summed E-state index contributed by atoms with van der Waals surface area (Å²) in [5.74, 6) is -0.171. The number of carbonyl (C=O) groups excluding carboxylic acids is 2. The summed E-state index contributed by atoms with van der Waals surface area (Å²) < 4.78 is 24.7. The topological polar surface area (TPSA) is 88.9 Å². The Morgan fingerprint density at radius 2 is 1.47 bits per heavy atom. The van der Waals surface area contributed by atoms with Crippen molar-refractivity contribution in [3.8, 4) is 28.1 Å². The van der Waals surface area contributed by atoms with Crippen molar-refractivity contribution >= 4 is 12.1 Å². The number of fused-ring (bicyclic) bond motifs is 3. The van der Waals surface area contributed by atoms with Crippen LogP contribution in [0.1, 0.15) is 48.9 Å². The monoisotopic (exact) mass is 628 g/mol. The molecule has 238 valence electrons. The lowest BCUT2D eigenvalue weighted by atomic mass is 9.96. The fourth-order valence-corrected chi connectivity index (χ4v) is 6.11. The van der Waals surface area contributed by atoms with E-state index in [0.717, 1.165) is 27.8 Å². The molecular formula is C39H36N2O6. The summed E-state index contributed by atoms with van der Waals surface area (Å²) in [7, 11) is 1.57. The van der Waals surface area contributed by atoms with Crippen LogP contribution in [0, 0.1) is 0 Å². The number of ether oxygens (including phenoxy) is 4. The highest BCUT2D eigenvalue weighted by Gasteiger charge is 2.33. The van der Waals surface area contributed by atoms with Gasteiger partial charge in [0.25, 0.3) is 0 Å². The summed E-state index contributed by atoms with van der Waals surface area (Å²) >= 11 is 0. The molecule has 4 aromatic carbocycles. The summed E-state index contributed by atoms with van der Waals surface area (Å²) in [5.41, 5.74) is 6.82. The van der Waals surface area contributed by atoms with E-state index in [9.17, 15) is 9.59 Å². The van der Waals surface area contributed by atoms with Crippen LogP contribution < -0.4 is 4.74 Å². The van der Waals surface area contributed by atoms with Crippen LogP contribution in [0.5, 0.6) is 5.75 Å². The molecule has 0 spiro atoms. The van der Waals surface area contributed by atoms with Gasteiger partial charge in [0.15, 0.2) is 0 Å². The summed E-state index contributed by atoms with van der Waals surface area (Å²) in [6, 6.07) is 32.5. The number of carbonyl (C=O) groups is 2. The van der Waals surface area contributed by atoms with Crippen LogP contribution in [0.3, 0.4) is 0 Å². The molecule has 47 heavy (non-hydrogen) atoms. The first-order valence-corrected chi connectivity index (χ1v) is 15.6. The maximum absolute atomic E-state index is 13.8. The average Bonchev–Trinajstić information content (AvgIpc) is 3.72. The minimum atomic E-state index is -0.917. The van der Waals surface area contributed by atoms with Gasteiger partial charge in [0.05, 0.1) is 31.8 Å². The van der Waals surface area contributed by atoms with E-state index in [4.69, 9.17) is 18.9 Å². The minimum absolute atomic E-state index is 0.0502. The first-order valence-electron chi connectivity index (χ1n) is 15.6. The lowest BCUT2D eigenvalue weighted by Gasteiger charge is -2.24. The molecule has 6 rings (SSSR count). The van der Waals surface area contributed by atoms with Crippen molar-refractivity contribution < 1.29 is 28.5 Å². The molecule has 1 aliphatic carbocycles. The highest BCUT2D eigenvalue weighted by molar-refractivity contribution is 5.91. The van der Waals surface area contributed by atoms with Crippen LogP contribution in [0.4, 0.5) is 4.79 Å². The molecular weight excluding hydrogens is 592 g/mol. The normalized spacial score (nSPS) is 13.2. The van der Waals surface area contributed by atoms with Crippen LogP contribution in [0.2, 0.25) is 0 Å². The number of rotatable bonds is 11. The average molecular weight is 629 g/mol. The van der Waals surface area contributed by atoms with Crippen LogP contribution >= 0.6 is 0 Å². The third kappa shape index (κ3) is 6.53. The molecule has 1 heterocycles. The maximum atomic E-state index is 13.8. The van der Waals surface area contributed by atoms with E-state index in [1.807, 2.05) is 104 Å². The van der Waals surface area contributed by atoms with E-state index >= 15 is 0 Å². The predicted molar refractivity (Wildman–Crippen MR) is 179 cm³/mol. The molecule has 8 heteroatoms. The molecule has 0 N–H and O–H groups in total. The highest BCUT2D eigenvalue weighted by atomic mass is 16.7. The van der Waals surface area contributed by atoms with Gasteiger partial charge in [-0.3, -0.25) is 0 Å². The quantitative estimate of drug-likeness (QED) is 0.0825. The molecule has 1 aromatic heterocycles. The lowest BCUT2D eigenvalue weighted by Crippen LogP contribution is -2.24. The Morgan fingerprint density at radius 1 is 0.830 bits per heavy atom. The Kier molecular flexibility index (Phi) is 9.48. The Labute approximate surface area is 274 Å². The van der Waals surface area contributed by atoms with Gasteiger partial charge in [0.2, 0.25) is 0 Å². The highest BCUT2D eigenvalue weighted by Crippen LogP contribution is 2.44. The van der Waals surface area contributed by atoms with Gasteiger partial charge in [0.1, 0.15) is 23.7 Å². The number of nitrogens with zero attached hydrogens (tertiary/aromatic N) is 2. The number of para-hydroxylation sites is 1. The summed E-state index contributed by atoms with van der Waals surface area (Å²) in [6.45, 7) is 3.75. The van der Waals surface area contributed by atoms with Crippen molar-refractivity contribution in [3.05, 3.63) is 144 Å². The van der Waals surface area contributed by atoms with Crippen molar-refractivity contribution in [2.45, 2.75) is 32.2 Å². The summed E-state index contributed by atoms with van der Waals surface area (Å²) in [4.78, 5) is 31.8. The number of allylic oxidation sites excluding steroid dienone is 1. The van der Waals surface area contributed by atoms with Crippen LogP contribution in [0.25, 0.3) is 22.4 Å². The summed E-state index contributed by atoms with van der Waals surface area (Å²) in [6.07, 6.45) is 3.20. The zero-order valence-corrected chi connectivity index (χ0v) is 26.6. The molecule has 5 aromatic rings. The number of aromatic nitrogens is 2. The fourth-order valence-electron chi connectivity index (χ4n) is 6.11. The molecule has 1 atom stereocenters. The zero-order valence-electron chi connectivity index (χ0n) is 26.6. The van der Waals surface area contributed by atoms with Gasteiger partial charge in [-0.25, -0.2) is 14.6 Å². The fraction of sp³-hybridized carbons (Fsp3) is 0.205. The number of imidazole rings is 1. The van der Waals surface area contributed by atoms with Gasteiger partial charge in [-0.15, -0.1) is 0 Å². The van der Waals surface area contributed by atoms with E-state index in [0.29, 0.717) is 23.4 Å². The Bertz CT molecular complexity index is 1870. The number of methoxy groups -OCH3 is 1. The van der Waals surface area contributed by atoms with Crippen LogP contribution in [-0.4, -0.2) is 42.0 Å². The Hall–Kier alpha value is -5.63. The second-order valence-corrected chi connectivity index (χ2v) is 11.2. The number of benzene rings is 4. The Morgan fingerprint density at radius 3 is 2.15 bits per heavy atom. The van der Waals surface area contributed by atoms with Crippen LogP contribution in [-0.2, 0) is 19.0 Å². The van der Waals surface area contributed by atoms with Gasteiger partial charge < -0.3 is 23.5 Å². The van der Waals surface area contributed by atoms with Crippen molar-refractivity contribution in [2.75, 3.05) is 20.3 Å². The second kappa shape index (κ2) is 14.2. The van der Waals surface area contributed by atoms with Gasteiger partial charge in [-0.2, -0.15) is 0 Å². The van der Waals surface area contributed by atoms with Crippen molar-refractivity contribution in [1.82, 2.24) is 9.55 Å². The Balaban J connectivity index is 1.35. The van der Waals surface area contributed by atoms with Crippen molar-refractivity contribution in [3.63, 3.8) is 0 Å². The largest absolute Gasteiger partial charge is 0.513 e. The molecule has 1 aliphatic rings. The lowest BCUT2D eigenvalue weighted by molar-refractivity contribution is -0.139. The molecule has 0 radical (unpaired) electrons. The number of hydrogen-bond donors (Lipinski definition) is 0. The van der Waals surface area contributed by atoms with E-state index < -0.39 is 18.2 Å². The van der Waals surface area contributed by atoms with Crippen LogP contribution in [0.15, 0.2) is 127 Å². The van der Waals surface area contributed by atoms with Gasteiger partial charge >= 0.3 is 12.1 Å². The molecule has 0 saturated heterocycles. The number of esters is 1. The van der Waals surface area contributed by atoms with E-state index in [1.54, 1.807) is 24.9 Å². The predicted octanol–water partition coefficient (Wildman–Crippen LogP) is 8.34. The van der Waals surface area contributed by atoms with Gasteiger partial charge in [0, 0.05) is 23.2 Å². The maximum Gasteiger partial charge on any atom is 0.513 e. The molecule has 0 amide bonds. The smallest absolute Gasteiger partial charge is 0.496 e. The molecule has 0 saturated carbocycles. The first kappa shape index (κ1) is 31.4. The van der Waals surface area contributed by atoms with E-state index in [-0.39, 0.29) is 30.5 Å². The standard InChI is InChI=1S/C39H36N2O6/c1-4-22-45-38(42)36(26(2)47-39(43)46-24-33-30-18-10-8-16-28(30)29-17-9-11-19-31(29)33)37(32-20-12-13-21-35(32)44-3)41-23-34(40-25-41)27-14-6-5-7-15-27/h5-21,23,25,33,37H,4,22,24H2,1-3H3. The van der Waals surface area contributed by atoms with Crippen molar-refractivity contribution in [1.29, 1.82) is 0 Å². The molecule has 0 aliphatic heterocycles. The minimum Gasteiger partial charge on any atom is -0.496 e. The first-order chi connectivity index (χ1) is 23.0. The van der Waals surface area contributed by atoms with Crippen molar-refractivity contribution in [2.24, 2.45) is 0 Å². The van der Waals surface area contributed by atoms with E-state index in [1.165, 1.54) is 0 Å². The molecule has 0 bridgehead atoms. The van der Waals surface area contributed by atoms with Gasteiger partial charge in [-0.05, 0) is 41.7 Å². The second-order valence-electron chi connectivity index (χ2n) is 11.2.